The summed E-state index contributed by atoms with van der Waals surface area (Å²) in [5.41, 5.74) is 0.772. The van der Waals surface area contributed by atoms with Crippen LogP contribution in [0.2, 0.25) is 5.02 Å². The van der Waals surface area contributed by atoms with E-state index >= 15 is 0 Å². The minimum absolute atomic E-state index is 0.118. The van der Waals surface area contributed by atoms with Crippen LogP contribution < -0.4 is 0 Å². The average molecular weight is 277 g/mol. The molecule has 96 valence electrons. The van der Waals surface area contributed by atoms with Crippen molar-refractivity contribution in [3.63, 3.8) is 0 Å². The fourth-order valence-corrected chi connectivity index (χ4v) is 2.27. The van der Waals surface area contributed by atoms with Crippen molar-refractivity contribution in [2.45, 2.75) is 38.0 Å². The van der Waals surface area contributed by atoms with Gasteiger partial charge in [-0.3, -0.25) is 0 Å². The summed E-state index contributed by atoms with van der Waals surface area (Å²) < 4.78 is 13.3. The lowest BCUT2D eigenvalue weighted by Gasteiger charge is -2.20. The summed E-state index contributed by atoms with van der Waals surface area (Å²) in [5, 5.41) is 9.97. The Morgan fingerprint density at radius 2 is 2.06 bits per heavy atom. The monoisotopic (exact) mass is 276 g/mol. The highest BCUT2D eigenvalue weighted by Crippen LogP contribution is 2.25. The largest absolute Gasteiger partial charge is 0.392 e. The standard InChI is InChI=1S/C13H18ClFOS/c1-13(2,3)17-8-10(16)6-9-4-5-11(14)12(15)7-9/h4-5,7,10,16H,6,8H2,1-3H3. The lowest BCUT2D eigenvalue weighted by atomic mass is 10.1. The normalized spacial score (nSPS) is 13.8. The zero-order chi connectivity index (χ0) is 13.1. The number of rotatable bonds is 4. The summed E-state index contributed by atoms with van der Waals surface area (Å²) in [6, 6.07) is 4.65. The molecule has 1 rings (SSSR count). The van der Waals surface area contributed by atoms with Crippen molar-refractivity contribution >= 4 is 23.4 Å². The van der Waals surface area contributed by atoms with Crippen LogP contribution in [0.15, 0.2) is 18.2 Å². The first-order chi connectivity index (χ1) is 7.78. The molecule has 1 nitrogen and oxygen atoms in total. The fourth-order valence-electron chi connectivity index (χ4n) is 1.34. The Bertz CT molecular complexity index is 376. The van der Waals surface area contributed by atoms with Gasteiger partial charge in [0.1, 0.15) is 5.82 Å². The quantitative estimate of drug-likeness (QED) is 0.900. The first-order valence-electron chi connectivity index (χ1n) is 5.54. The second-order valence-electron chi connectivity index (χ2n) is 5.03. The van der Waals surface area contributed by atoms with Crippen molar-refractivity contribution in [2.24, 2.45) is 0 Å². The Balaban J connectivity index is 2.50. The van der Waals surface area contributed by atoms with Crippen LogP contribution in [0.1, 0.15) is 26.3 Å². The molecule has 0 aliphatic rings. The van der Waals surface area contributed by atoms with Gasteiger partial charge < -0.3 is 5.11 Å². The molecule has 0 radical (unpaired) electrons. The van der Waals surface area contributed by atoms with Crippen LogP contribution >= 0.6 is 23.4 Å². The van der Waals surface area contributed by atoms with Gasteiger partial charge >= 0.3 is 0 Å². The van der Waals surface area contributed by atoms with Gasteiger partial charge in [0.05, 0.1) is 11.1 Å². The lowest BCUT2D eigenvalue weighted by molar-refractivity contribution is 0.199. The summed E-state index contributed by atoms with van der Waals surface area (Å²) in [6.45, 7) is 6.31. The number of hydrogen-bond donors (Lipinski definition) is 1. The minimum Gasteiger partial charge on any atom is -0.392 e. The van der Waals surface area contributed by atoms with Crippen LogP contribution in [0.25, 0.3) is 0 Å². The van der Waals surface area contributed by atoms with Crippen LogP contribution in [0.4, 0.5) is 4.39 Å². The molecule has 1 aromatic rings. The summed E-state index contributed by atoms with van der Waals surface area (Å²) in [4.78, 5) is 0. The van der Waals surface area contributed by atoms with Crippen LogP contribution in [0, 0.1) is 5.82 Å². The summed E-state index contributed by atoms with van der Waals surface area (Å²) in [6.07, 6.45) is -0.00299. The summed E-state index contributed by atoms with van der Waals surface area (Å²) in [7, 11) is 0. The lowest BCUT2D eigenvalue weighted by Crippen LogP contribution is -2.18. The Morgan fingerprint density at radius 1 is 1.41 bits per heavy atom. The predicted octanol–water partition coefficient (Wildman–Crippen LogP) is 3.91. The minimum atomic E-state index is -0.459. The van der Waals surface area contributed by atoms with Crippen molar-refractivity contribution in [1.29, 1.82) is 0 Å². The number of aliphatic hydroxyl groups excluding tert-OH is 1. The number of hydrogen-bond acceptors (Lipinski definition) is 2. The second kappa shape index (κ2) is 6.07. The molecular formula is C13H18ClFOS. The average Bonchev–Trinajstić information content (AvgIpc) is 2.20. The second-order valence-corrected chi connectivity index (χ2v) is 7.28. The highest BCUT2D eigenvalue weighted by molar-refractivity contribution is 8.00. The molecule has 0 aliphatic heterocycles. The van der Waals surface area contributed by atoms with Crippen molar-refractivity contribution < 1.29 is 9.50 Å². The van der Waals surface area contributed by atoms with Crippen LogP contribution in [-0.4, -0.2) is 21.7 Å². The fraction of sp³-hybridized carbons (Fsp3) is 0.538. The third kappa shape index (κ3) is 5.75. The highest BCUT2D eigenvalue weighted by atomic mass is 35.5. The van der Waals surface area contributed by atoms with Crippen LogP contribution in [0.3, 0.4) is 0 Å². The van der Waals surface area contributed by atoms with Gasteiger partial charge in [-0.15, -0.1) is 0 Å². The number of halogens is 2. The SMILES string of the molecule is CC(C)(C)SCC(O)Cc1ccc(Cl)c(F)c1. The van der Waals surface area contributed by atoms with E-state index in [0.29, 0.717) is 12.2 Å². The summed E-state index contributed by atoms with van der Waals surface area (Å²) >= 11 is 7.30. The van der Waals surface area contributed by atoms with Crippen molar-refractivity contribution in [3.8, 4) is 0 Å². The highest BCUT2D eigenvalue weighted by Gasteiger charge is 2.14. The van der Waals surface area contributed by atoms with E-state index in [2.05, 4.69) is 20.8 Å². The summed E-state index contributed by atoms with van der Waals surface area (Å²) in [5.74, 6) is 0.216. The van der Waals surface area contributed by atoms with Gasteiger partial charge in [-0.2, -0.15) is 11.8 Å². The molecule has 0 bridgehead atoms. The topological polar surface area (TPSA) is 20.2 Å². The first-order valence-corrected chi connectivity index (χ1v) is 6.90. The van der Waals surface area contributed by atoms with Gasteiger partial charge in [-0.1, -0.05) is 38.4 Å². The molecule has 0 fully saturated rings. The van der Waals surface area contributed by atoms with Gasteiger partial charge in [0.2, 0.25) is 0 Å². The zero-order valence-corrected chi connectivity index (χ0v) is 11.9. The maximum absolute atomic E-state index is 13.2. The van der Waals surface area contributed by atoms with Gasteiger partial charge in [0.25, 0.3) is 0 Å². The third-order valence-electron chi connectivity index (χ3n) is 2.16. The molecule has 0 spiro atoms. The zero-order valence-electron chi connectivity index (χ0n) is 10.3. The van der Waals surface area contributed by atoms with E-state index in [1.807, 2.05) is 0 Å². The third-order valence-corrected chi connectivity index (χ3v) is 3.89. The van der Waals surface area contributed by atoms with E-state index in [1.165, 1.54) is 12.1 Å². The molecular weight excluding hydrogens is 259 g/mol. The van der Waals surface area contributed by atoms with Gasteiger partial charge in [0, 0.05) is 10.5 Å². The Hall–Kier alpha value is -0.250. The molecule has 4 heteroatoms. The number of aliphatic hydroxyl groups is 1. The maximum atomic E-state index is 13.2. The van der Waals surface area contributed by atoms with Crippen LogP contribution in [-0.2, 0) is 6.42 Å². The molecule has 1 N–H and O–H groups in total. The molecule has 0 aromatic heterocycles. The molecule has 0 amide bonds. The smallest absolute Gasteiger partial charge is 0.142 e. The van der Waals surface area contributed by atoms with Crippen LogP contribution in [0.5, 0.6) is 0 Å². The van der Waals surface area contributed by atoms with Crippen molar-refractivity contribution in [3.05, 3.63) is 34.6 Å². The Kier molecular flexibility index (Phi) is 5.29. The first kappa shape index (κ1) is 14.8. The van der Waals surface area contributed by atoms with E-state index in [1.54, 1.807) is 17.8 Å². The molecule has 0 saturated carbocycles. The molecule has 0 saturated heterocycles. The van der Waals surface area contributed by atoms with E-state index in [0.717, 1.165) is 5.56 Å². The Morgan fingerprint density at radius 3 is 2.59 bits per heavy atom. The van der Waals surface area contributed by atoms with E-state index in [9.17, 15) is 9.50 Å². The molecule has 1 unspecified atom stereocenters. The van der Waals surface area contributed by atoms with Crippen molar-refractivity contribution in [2.75, 3.05) is 5.75 Å². The molecule has 0 heterocycles. The van der Waals surface area contributed by atoms with E-state index in [-0.39, 0.29) is 9.77 Å². The van der Waals surface area contributed by atoms with E-state index in [4.69, 9.17) is 11.6 Å². The maximum Gasteiger partial charge on any atom is 0.142 e. The van der Waals surface area contributed by atoms with Gasteiger partial charge in [-0.05, 0) is 24.1 Å². The predicted molar refractivity (Wildman–Crippen MR) is 73.3 cm³/mol. The molecule has 1 aromatic carbocycles. The molecule has 0 aliphatic carbocycles. The Labute approximate surface area is 111 Å². The van der Waals surface area contributed by atoms with Gasteiger partial charge in [-0.25, -0.2) is 4.39 Å². The van der Waals surface area contributed by atoms with Crippen molar-refractivity contribution in [1.82, 2.24) is 0 Å². The van der Waals surface area contributed by atoms with E-state index < -0.39 is 11.9 Å². The molecule has 1 atom stereocenters. The molecule has 17 heavy (non-hydrogen) atoms. The number of thioether (sulfide) groups is 1. The number of benzene rings is 1. The van der Waals surface area contributed by atoms with Gasteiger partial charge in [0.15, 0.2) is 0 Å².